The van der Waals surface area contributed by atoms with Crippen LogP contribution in [-0.2, 0) is 13.0 Å². The summed E-state index contributed by atoms with van der Waals surface area (Å²) >= 11 is 1.68. The van der Waals surface area contributed by atoms with Gasteiger partial charge < -0.3 is 10.4 Å². The normalized spacial score (nSPS) is 17.7. The van der Waals surface area contributed by atoms with Crippen LogP contribution in [0.5, 0.6) is 0 Å². The molecule has 1 aliphatic carbocycles. The van der Waals surface area contributed by atoms with E-state index in [1.165, 1.54) is 21.7 Å². The molecule has 2 N–H and O–H groups in total. The van der Waals surface area contributed by atoms with Gasteiger partial charge in [0.1, 0.15) is 5.60 Å². The second-order valence-corrected chi connectivity index (χ2v) is 11.0. The molecule has 0 bridgehead atoms. The number of aryl methyl sites for hydroxylation is 1. The number of benzene rings is 1. The van der Waals surface area contributed by atoms with E-state index in [1.807, 2.05) is 12.3 Å². The number of rotatable bonds is 4. The molecule has 2 heterocycles. The molecule has 0 unspecified atom stereocenters. The molecule has 4 rings (SSSR count). The molecule has 1 aromatic carbocycles. The molecule has 0 fully saturated rings. The van der Waals surface area contributed by atoms with E-state index in [1.54, 1.807) is 25.2 Å². The van der Waals surface area contributed by atoms with Crippen LogP contribution in [0.2, 0.25) is 0 Å². The Bertz CT molecular complexity index is 1140. The van der Waals surface area contributed by atoms with Crippen molar-refractivity contribution in [3.63, 3.8) is 0 Å². The van der Waals surface area contributed by atoms with Gasteiger partial charge in [-0.1, -0.05) is 43.9 Å². The zero-order valence-corrected chi connectivity index (χ0v) is 19.8. The summed E-state index contributed by atoms with van der Waals surface area (Å²) in [7, 11) is 0. The molecule has 4 nitrogen and oxygen atoms in total. The van der Waals surface area contributed by atoms with Crippen molar-refractivity contribution in [3.8, 4) is 17.5 Å². The molecular formula is C26H31N3OS. The van der Waals surface area contributed by atoms with Gasteiger partial charge in [-0.3, -0.25) is 0 Å². The highest BCUT2D eigenvalue weighted by atomic mass is 32.1. The van der Waals surface area contributed by atoms with E-state index in [-0.39, 0.29) is 11.5 Å². The molecule has 5 heteroatoms. The molecular weight excluding hydrogens is 402 g/mol. The first-order valence-corrected chi connectivity index (χ1v) is 11.6. The van der Waals surface area contributed by atoms with E-state index in [9.17, 15) is 5.11 Å². The summed E-state index contributed by atoms with van der Waals surface area (Å²) in [6, 6.07) is 12.9. The first kappa shape index (κ1) is 21.8. The van der Waals surface area contributed by atoms with Crippen LogP contribution < -0.4 is 5.32 Å². The maximum absolute atomic E-state index is 9.81. The van der Waals surface area contributed by atoms with Crippen LogP contribution in [0.25, 0.3) is 5.69 Å². The minimum absolute atomic E-state index is 0.198. The Balaban J connectivity index is 1.55. The topological polar surface area (TPSA) is 50.1 Å². The van der Waals surface area contributed by atoms with Gasteiger partial charge in [0.25, 0.3) is 0 Å². The third kappa shape index (κ3) is 5.10. The Morgan fingerprint density at radius 1 is 1.26 bits per heavy atom. The van der Waals surface area contributed by atoms with Crippen LogP contribution in [0.15, 0.2) is 42.6 Å². The lowest BCUT2D eigenvalue weighted by Crippen LogP contribution is -2.33. The Morgan fingerprint density at radius 2 is 2.03 bits per heavy atom. The third-order valence-electron chi connectivity index (χ3n) is 5.70. The molecule has 0 aliphatic heterocycles. The molecule has 0 saturated carbocycles. The average molecular weight is 434 g/mol. The summed E-state index contributed by atoms with van der Waals surface area (Å²) in [4.78, 5) is 2.23. The number of fused-ring (bicyclic) bond motifs is 1. The van der Waals surface area contributed by atoms with Crippen LogP contribution in [0.3, 0.4) is 0 Å². The SMILES string of the molecule is Cc1ccccc1-n1ncc2c1CC(C)(C)C[C@@H]2NCc1ccc(C#CC(C)(C)O)s1. The minimum atomic E-state index is -0.969. The maximum atomic E-state index is 9.81. The maximum Gasteiger partial charge on any atom is 0.120 e. The van der Waals surface area contributed by atoms with Crippen molar-refractivity contribution in [2.45, 2.75) is 65.6 Å². The number of nitrogens with zero attached hydrogens (tertiary/aromatic N) is 2. The lowest BCUT2D eigenvalue weighted by molar-refractivity contribution is 0.143. The smallest absolute Gasteiger partial charge is 0.120 e. The van der Waals surface area contributed by atoms with Crippen molar-refractivity contribution >= 4 is 11.3 Å². The second kappa shape index (κ2) is 8.27. The fourth-order valence-corrected chi connectivity index (χ4v) is 5.02. The summed E-state index contributed by atoms with van der Waals surface area (Å²) < 4.78 is 2.13. The van der Waals surface area contributed by atoms with E-state index in [4.69, 9.17) is 5.10 Å². The van der Waals surface area contributed by atoms with Crippen LogP contribution in [0.1, 0.15) is 66.7 Å². The Hall–Kier alpha value is -2.39. The largest absolute Gasteiger partial charge is 0.378 e. The lowest BCUT2D eigenvalue weighted by atomic mass is 9.74. The van der Waals surface area contributed by atoms with Crippen LogP contribution >= 0.6 is 11.3 Å². The summed E-state index contributed by atoms with van der Waals surface area (Å²) in [5.74, 6) is 5.96. The lowest BCUT2D eigenvalue weighted by Gasteiger charge is -2.36. The molecule has 162 valence electrons. The van der Waals surface area contributed by atoms with Crippen molar-refractivity contribution in [3.05, 3.63) is 69.2 Å². The monoisotopic (exact) mass is 433 g/mol. The van der Waals surface area contributed by atoms with Gasteiger partial charge in [-0.25, -0.2) is 4.68 Å². The average Bonchev–Trinajstić information content (AvgIpc) is 3.30. The zero-order valence-electron chi connectivity index (χ0n) is 19.0. The molecule has 0 amide bonds. The van der Waals surface area contributed by atoms with Gasteiger partial charge in [-0.2, -0.15) is 5.10 Å². The molecule has 3 aromatic rings. The highest BCUT2D eigenvalue weighted by Gasteiger charge is 2.35. The number of para-hydroxylation sites is 1. The van der Waals surface area contributed by atoms with Gasteiger partial charge in [-0.05, 0) is 62.8 Å². The third-order valence-corrected chi connectivity index (χ3v) is 6.70. The van der Waals surface area contributed by atoms with E-state index < -0.39 is 5.60 Å². The first-order chi connectivity index (χ1) is 14.6. The highest BCUT2D eigenvalue weighted by molar-refractivity contribution is 7.12. The summed E-state index contributed by atoms with van der Waals surface area (Å²) in [5.41, 5.74) is 4.24. The predicted molar refractivity (Wildman–Crippen MR) is 127 cm³/mol. The van der Waals surface area contributed by atoms with Gasteiger partial charge in [0.15, 0.2) is 0 Å². The van der Waals surface area contributed by atoms with E-state index >= 15 is 0 Å². The second-order valence-electron chi connectivity index (χ2n) is 9.80. The Morgan fingerprint density at radius 3 is 2.77 bits per heavy atom. The number of aromatic nitrogens is 2. The van der Waals surface area contributed by atoms with Crippen LogP contribution in [0.4, 0.5) is 0 Å². The molecule has 0 radical (unpaired) electrons. The first-order valence-electron chi connectivity index (χ1n) is 10.8. The summed E-state index contributed by atoms with van der Waals surface area (Å²) in [6.07, 6.45) is 4.14. The van der Waals surface area contributed by atoms with E-state index in [0.717, 1.165) is 30.0 Å². The standard InChI is InChI=1S/C26H31N3OS/c1-18-8-6-7-9-23(18)29-24-15-25(2,3)14-22(21(24)17-28-29)27-16-20-11-10-19(31-20)12-13-26(4,5)30/h6-11,17,22,27,30H,14-16H2,1-5H3/t22-/m0/s1. The predicted octanol–water partition coefficient (Wildman–Crippen LogP) is 5.17. The van der Waals surface area contributed by atoms with Crippen molar-refractivity contribution in [2.75, 3.05) is 0 Å². The van der Waals surface area contributed by atoms with Gasteiger partial charge in [0.05, 0.1) is 16.8 Å². The summed E-state index contributed by atoms with van der Waals surface area (Å²) in [5, 5.41) is 18.4. The van der Waals surface area contributed by atoms with E-state index in [2.05, 4.69) is 72.9 Å². The summed E-state index contributed by atoms with van der Waals surface area (Å²) in [6.45, 7) is 11.0. The molecule has 0 spiro atoms. The Kier molecular flexibility index (Phi) is 5.83. The molecule has 31 heavy (non-hydrogen) atoms. The van der Waals surface area contributed by atoms with E-state index in [0.29, 0.717) is 0 Å². The van der Waals surface area contributed by atoms with Crippen molar-refractivity contribution < 1.29 is 5.11 Å². The number of hydrogen-bond donors (Lipinski definition) is 2. The minimum Gasteiger partial charge on any atom is -0.378 e. The zero-order chi connectivity index (χ0) is 22.2. The number of aliphatic hydroxyl groups is 1. The molecule has 1 atom stereocenters. The molecule has 0 saturated heterocycles. The van der Waals surface area contributed by atoms with Gasteiger partial charge >= 0.3 is 0 Å². The van der Waals surface area contributed by atoms with Crippen molar-refractivity contribution in [2.24, 2.45) is 5.41 Å². The van der Waals surface area contributed by atoms with Gasteiger partial charge in [-0.15, -0.1) is 11.3 Å². The van der Waals surface area contributed by atoms with Crippen LogP contribution in [0, 0.1) is 24.2 Å². The van der Waals surface area contributed by atoms with Crippen LogP contribution in [-0.4, -0.2) is 20.5 Å². The Labute approximate surface area is 189 Å². The molecule has 1 aliphatic rings. The van der Waals surface area contributed by atoms with Gasteiger partial charge in [0, 0.05) is 28.7 Å². The number of nitrogens with one attached hydrogen (secondary N) is 1. The number of thiophene rings is 1. The fraction of sp³-hybridized carbons (Fsp3) is 0.423. The van der Waals surface area contributed by atoms with Crippen molar-refractivity contribution in [1.29, 1.82) is 0 Å². The number of hydrogen-bond acceptors (Lipinski definition) is 4. The quantitative estimate of drug-likeness (QED) is 0.558. The molecule has 2 aromatic heterocycles. The highest BCUT2D eigenvalue weighted by Crippen LogP contribution is 2.41. The van der Waals surface area contributed by atoms with Gasteiger partial charge in [0.2, 0.25) is 0 Å². The fourth-order valence-electron chi connectivity index (χ4n) is 4.21. The van der Waals surface area contributed by atoms with Crippen molar-refractivity contribution in [1.82, 2.24) is 15.1 Å².